The highest BCUT2D eigenvalue weighted by molar-refractivity contribution is 7.98. The van der Waals surface area contributed by atoms with E-state index in [9.17, 15) is 0 Å². The van der Waals surface area contributed by atoms with Gasteiger partial charge in [-0.3, -0.25) is 4.98 Å². The number of hydrogen-bond acceptors (Lipinski definition) is 3. The molecule has 4 heteroatoms. The van der Waals surface area contributed by atoms with Crippen LogP contribution in [-0.4, -0.2) is 4.98 Å². The number of pyridine rings is 1. The number of nitrogens with two attached hydrogens (primary N) is 1. The van der Waals surface area contributed by atoms with Gasteiger partial charge in [-0.1, -0.05) is 29.8 Å². The van der Waals surface area contributed by atoms with Crippen LogP contribution >= 0.6 is 23.4 Å². The van der Waals surface area contributed by atoms with E-state index in [0.717, 1.165) is 32.1 Å². The Labute approximate surface area is 127 Å². The Hall–Kier alpha value is -1.71. The molecular formula is C16H13ClN2S. The third-order valence-corrected chi connectivity index (χ3v) is 4.53. The van der Waals surface area contributed by atoms with Crippen LogP contribution in [0, 0.1) is 0 Å². The van der Waals surface area contributed by atoms with Crippen molar-refractivity contribution in [2.24, 2.45) is 0 Å². The number of nitrogen functional groups attached to an aromatic ring is 1. The normalized spacial score (nSPS) is 10.8. The van der Waals surface area contributed by atoms with Crippen molar-refractivity contribution in [3.8, 4) is 0 Å². The number of thioether (sulfide) groups is 1. The lowest BCUT2D eigenvalue weighted by Gasteiger charge is -2.08. The minimum atomic E-state index is 0.761. The van der Waals surface area contributed by atoms with Crippen LogP contribution in [0.15, 0.2) is 59.8 Å². The molecular weight excluding hydrogens is 288 g/mol. The van der Waals surface area contributed by atoms with Gasteiger partial charge in [0.25, 0.3) is 0 Å². The fourth-order valence-corrected chi connectivity index (χ4v) is 3.11. The predicted molar refractivity (Wildman–Crippen MR) is 87.2 cm³/mol. The molecule has 20 heavy (non-hydrogen) atoms. The van der Waals surface area contributed by atoms with Crippen molar-refractivity contribution in [3.05, 3.63) is 65.4 Å². The first kappa shape index (κ1) is 13.3. The maximum Gasteiger partial charge on any atom is 0.0533 e. The number of anilines is 1. The van der Waals surface area contributed by atoms with Gasteiger partial charge in [-0.2, -0.15) is 0 Å². The molecule has 2 nitrogen and oxygen atoms in total. The van der Waals surface area contributed by atoms with E-state index in [-0.39, 0.29) is 0 Å². The zero-order valence-corrected chi connectivity index (χ0v) is 12.3. The maximum atomic E-state index is 6.24. The summed E-state index contributed by atoms with van der Waals surface area (Å²) in [7, 11) is 0. The third kappa shape index (κ3) is 2.74. The Bertz CT molecular complexity index is 741. The summed E-state index contributed by atoms with van der Waals surface area (Å²) >= 11 is 7.62. The monoisotopic (exact) mass is 300 g/mol. The van der Waals surface area contributed by atoms with Crippen LogP contribution in [0.25, 0.3) is 10.8 Å². The van der Waals surface area contributed by atoms with Crippen molar-refractivity contribution in [2.45, 2.75) is 10.6 Å². The molecule has 2 aromatic carbocycles. The van der Waals surface area contributed by atoms with Gasteiger partial charge in [-0.05, 0) is 29.8 Å². The summed E-state index contributed by atoms with van der Waals surface area (Å²) < 4.78 is 0. The summed E-state index contributed by atoms with van der Waals surface area (Å²) in [6.07, 6.45) is 3.60. The van der Waals surface area contributed by atoms with E-state index < -0.39 is 0 Å². The molecule has 100 valence electrons. The number of nitrogens with zero attached hydrogens (tertiary/aromatic N) is 1. The van der Waals surface area contributed by atoms with Crippen LogP contribution in [0.4, 0.5) is 5.69 Å². The molecule has 0 saturated carbocycles. The van der Waals surface area contributed by atoms with Crippen molar-refractivity contribution >= 4 is 39.8 Å². The SMILES string of the molecule is Nc1c(SCc2ccc(Cl)cc2)ccc2cnccc12. The number of fused-ring (bicyclic) bond motifs is 1. The fraction of sp³-hybridized carbons (Fsp3) is 0.0625. The van der Waals surface area contributed by atoms with Gasteiger partial charge in [-0.15, -0.1) is 11.8 Å². The molecule has 0 aliphatic heterocycles. The molecule has 0 radical (unpaired) electrons. The summed E-state index contributed by atoms with van der Waals surface area (Å²) in [5, 5.41) is 2.89. The van der Waals surface area contributed by atoms with E-state index in [4.69, 9.17) is 17.3 Å². The quantitative estimate of drug-likeness (QED) is 0.560. The van der Waals surface area contributed by atoms with Gasteiger partial charge >= 0.3 is 0 Å². The first-order chi connectivity index (χ1) is 9.74. The van der Waals surface area contributed by atoms with Gasteiger partial charge in [-0.25, -0.2) is 0 Å². The van der Waals surface area contributed by atoms with Crippen LogP contribution in [0.5, 0.6) is 0 Å². The van der Waals surface area contributed by atoms with Crippen molar-refractivity contribution in [1.82, 2.24) is 4.98 Å². The lowest BCUT2D eigenvalue weighted by Crippen LogP contribution is -1.91. The molecule has 0 saturated heterocycles. The molecule has 0 aliphatic rings. The molecule has 1 aromatic heterocycles. The molecule has 0 unspecified atom stereocenters. The number of aromatic nitrogens is 1. The van der Waals surface area contributed by atoms with Crippen LogP contribution in [0.3, 0.4) is 0 Å². The summed E-state index contributed by atoms with van der Waals surface area (Å²) in [5.74, 6) is 0.873. The first-order valence-corrected chi connectivity index (χ1v) is 7.60. The lowest BCUT2D eigenvalue weighted by atomic mass is 10.1. The second-order valence-corrected chi connectivity index (χ2v) is 5.94. The van der Waals surface area contributed by atoms with Crippen LogP contribution < -0.4 is 5.73 Å². The first-order valence-electron chi connectivity index (χ1n) is 6.23. The molecule has 3 rings (SSSR count). The number of halogens is 1. The Morgan fingerprint density at radius 1 is 1.05 bits per heavy atom. The van der Waals surface area contributed by atoms with E-state index in [1.807, 2.05) is 36.5 Å². The molecule has 0 aliphatic carbocycles. The highest BCUT2D eigenvalue weighted by Gasteiger charge is 2.05. The molecule has 0 bridgehead atoms. The zero-order valence-electron chi connectivity index (χ0n) is 10.7. The standard InChI is InChI=1S/C16H13ClN2S/c17-13-4-1-11(2-5-13)10-20-15-6-3-12-9-19-8-7-14(12)16(15)18/h1-9H,10,18H2. The summed E-state index contributed by atoms with van der Waals surface area (Å²) in [6.45, 7) is 0. The molecule has 2 N–H and O–H groups in total. The topological polar surface area (TPSA) is 38.9 Å². The number of rotatable bonds is 3. The molecule has 3 aromatic rings. The van der Waals surface area contributed by atoms with Gasteiger partial charge in [0.05, 0.1) is 5.69 Å². The summed E-state index contributed by atoms with van der Waals surface area (Å²) in [4.78, 5) is 5.21. The highest BCUT2D eigenvalue weighted by atomic mass is 35.5. The Kier molecular flexibility index (Phi) is 3.81. The van der Waals surface area contributed by atoms with Crippen molar-refractivity contribution in [2.75, 3.05) is 5.73 Å². The average Bonchev–Trinajstić information content (AvgIpc) is 2.49. The Balaban J connectivity index is 1.84. The van der Waals surface area contributed by atoms with Crippen LogP contribution in [0.1, 0.15) is 5.56 Å². The van der Waals surface area contributed by atoms with Gasteiger partial charge in [0.15, 0.2) is 0 Å². The Morgan fingerprint density at radius 3 is 2.65 bits per heavy atom. The molecule has 0 spiro atoms. The van der Waals surface area contributed by atoms with Crippen molar-refractivity contribution < 1.29 is 0 Å². The highest BCUT2D eigenvalue weighted by Crippen LogP contribution is 2.33. The molecule has 0 atom stereocenters. The van der Waals surface area contributed by atoms with Crippen molar-refractivity contribution in [1.29, 1.82) is 0 Å². The van der Waals surface area contributed by atoms with Gasteiger partial charge in [0, 0.05) is 38.8 Å². The fourth-order valence-electron chi connectivity index (χ4n) is 2.04. The maximum absolute atomic E-state index is 6.24. The zero-order chi connectivity index (χ0) is 13.9. The smallest absolute Gasteiger partial charge is 0.0533 e. The molecule has 0 fully saturated rings. The van der Waals surface area contributed by atoms with Gasteiger partial charge in [0.2, 0.25) is 0 Å². The summed E-state index contributed by atoms with van der Waals surface area (Å²) in [5.41, 5.74) is 8.29. The van der Waals surface area contributed by atoms with Crippen LogP contribution in [-0.2, 0) is 5.75 Å². The third-order valence-electron chi connectivity index (χ3n) is 3.13. The second kappa shape index (κ2) is 5.73. The largest absolute Gasteiger partial charge is 0.397 e. The van der Waals surface area contributed by atoms with E-state index in [1.165, 1.54) is 5.56 Å². The average molecular weight is 301 g/mol. The Morgan fingerprint density at radius 2 is 1.85 bits per heavy atom. The van der Waals surface area contributed by atoms with E-state index >= 15 is 0 Å². The predicted octanol–water partition coefficient (Wildman–Crippen LogP) is 4.76. The van der Waals surface area contributed by atoms with Crippen molar-refractivity contribution in [3.63, 3.8) is 0 Å². The second-order valence-electron chi connectivity index (χ2n) is 4.49. The van der Waals surface area contributed by atoms with E-state index in [1.54, 1.807) is 18.0 Å². The van der Waals surface area contributed by atoms with E-state index in [2.05, 4.69) is 17.1 Å². The van der Waals surface area contributed by atoms with Crippen LogP contribution in [0.2, 0.25) is 5.02 Å². The lowest BCUT2D eigenvalue weighted by molar-refractivity contribution is 1.35. The van der Waals surface area contributed by atoms with Gasteiger partial charge < -0.3 is 5.73 Å². The minimum Gasteiger partial charge on any atom is -0.397 e. The molecule has 1 heterocycles. The molecule has 0 amide bonds. The number of hydrogen-bond donors (Lipinski definition) is 1. The van der Waals surface area contributed by atoms with E-state index in [0.29, 0.717) is 0 Å². The summed E-state index contributed by atoms with van der Waals surface area (Å²) in [6, 6.07) is 14.0. The number of benzene rings is 2. The minimum absolute atomic E-state index is 0.761. The van der Waals surface area contributed by atoms with Gasteiger partial charge in [0.1, 0.15) is 0 Å².